The molecule has 0 spiro atoms. The van der Waals surface area contributed by atoms with Crippen LogP contribution in [0, 0.1) is 17.6 Å². The van der Waals surface area contributed by atoms with E-state index in [1.54, 1.807) is 42.6 Å². The summed E-state index contributed by atoms with van der Waals surface area (Å²) >= 11 is 0. The summed E-state index contributed by atoms with van der Waals surface area (Å²) in [5.74, 6) is -4.17. The van der Waals surface area contributed by atoms with E-state index in [-0.39, 0.29) is 36.8 Å². The highest BCUT2D eigenvalue weighted by Crippen LogP contribution is 2.35. The highest BCUT2D eigenvalue weighted by molar-refractivity contribution is 6.35. The van der Waals surface area contributed by atoms with E-state index in [1.807, 2.05) is 0 Å². The average Bonchev–Trinajstić information content (AvgIpc) is 3.57. The molecule has 11 heteroatoms. The molecule has 9 nitrogen and oxygen atoms in total. The number of nitrogens with zero attached hydrogens (tertiary/aromatic N) is 1. The third-order valence-electron chi connectivity index (χ3n) is 6.66. The van der Waals surface area contributed by atoms with E-state index in [9.17, 15) is 28.0 Å². The third kappa shape index (κ3) is 6.35. The molecule has 3 amide bonds. The standard InChI is InChI=1S/C30H25F2N5O4/c31-24-8-6-17(12-25(24)32)11-18-3-1-4-21(28(18)39)29(40)34-10-2-5-27(38)36-19-7-9-26-22(13-19)23(30(41)37-26)14-20-15-33-16-35-20/h1,3-4,6-9,12-16,18H,2,5,10-11H2,(H,33,35)(H,34,40)(H,36,38)(H,37,41). The van der Waals surface area contributed by atoms with Gasteiger partial charge < -0.3 is 20.9 Å². The van der Waals surface area contributed by atoms with Crippen LogP contribution in [-0.4, -0.2) is 40.0 Å². The summed E-state index contributed by atoms with van der Waals surface area (Å²) in [5.41, 5.74) is 3.31. The molecule has 1 atom stereocenters. The number of aromatic amines is 1. The first-order valence-electron chi connectivity index (χ1n) is 12.9. The molecule has 4 N–H and O–H groups in total. The summed E-state index contributed by atoms with van der Waals surface area (Å²) in [6.07, 6.45) is 9.95. The number of ketones is 1. The number of H-pyrrole nitrogens is 1. The van der Waals surface area contributed by atoms with Crippen LogP contribution in [-0.2, 0) is 25.6 Å². The maximum absolute atomic E-state index is 13.5. The Hall–Kier alpha value is -5.19. The van der Waals surface area contributed by atoms with Gasteiger partial charge in [0.05, 0.1) is 29.4 Å². The molecule has 5 rings (SSSR count). The van der Waals surface area contributed by atoms with E-state index in [0.717, 1.165) is 12.1 Å². The van der Waals surface area contributed by atoms with Crippen molar-refractivity contribution in [1.82, 2.24) is 15.3 Å². The second kappa shape index (κ2) is 11.9. The van der Waals surface area contributed by atoms with Crippen molar-refractivity contribution in [2.75, 3.05) is 17.2 Å². The van der Waals surface area contributed by atoms with Crippen LogP contribution in [0.3, 0.4) is 0 Å². The molecule has 1 unspecified atom stereocenters. The van der Waals surface area contributed by atoms with Gasteiger partial charge in [0, 0.05) is 35.8 Å². The Morgan fingerprint density at radius 2 is 1.93 bits per heavy atom. The van der Waals surface area contributed by atoms with Crippen molar-refractivity contribution in [2.45, 2.75) is 19.3 Å². The van der Waals surface area contributed by atoms with Crippen molar-refractivity contribution in [3.05, 3.63) is 101 Å². The molecular weight excluding hydrogens is 532 g/mol. The topological polar surface area (TPSA) is 133 Å². The predicted octanol–water partition coefficient (Wildman–Crippen LogP) is 3.94. The number of amides is 3. The van der Waals surface area contributed by atoms with Crippen molar-refractivity contribution in [2.24, 2.45) is 5.92 Å². The Balaban J connectivity index is 1.10. The van der Waals surface area contributed by atoms with Gasteiger partial charge in [-0.3, -0.25) is 19.2 Å². The highest BCUT2D eigenvalue weighted by atomic mass is 19.2. The second-order valence-corrected chi connectivity index (χ2v) is 9.58. The fraction of sp³-hybridized carbons (Fsp3) is 0.167. The molecule has 1 aliphatic heterocycles. The Morgan fingerprint density at radius 3 is 2.71 bits per heavy atom. The zero-order valence-electron chi connectivity index (χ0n) is 21.7. The van der Waals surface area contributed by atoms with Crippen LogP contribution in [0.25, 0.3) is 11.6 Å². The lowest BCUT2D eigenvalue weighted by Gasteiger charge is -2.17. The number of benzene rings is 2. The van der Waals surface area contributed by atoms with Gasteiger partial charge in [-0.25, -0.2) is 13.8 Å². The molecule has 0 radical (unpaired) electrons. The first kappa shape index (κ1) is 27.4. The Kier molecular flexibility index (Phi) is 7.95. The van der Waals surface area contributed by atoms with Gasteiger partial charge >= 0.3 is 0 Å². The van der Waals surface area contributed by atoms with Gasteiger partial charge in [0.2, 0.25) is 5.91 Å². The molecule has 3 aromatic rings. The largest absolute Gasteiger partial charge is 0.352 e. The maximum Gasteiger partial charge on any atom is 0.256 e. The fourth-order valence-corrected chi connectivity index (χ4v) is 4.60. The quantitative estimate of drug-likeness (QED) is 0.180. The number of imidazole rings is 1. The maximum atomic E-state index is 13.5. The molecule has 1 aromatic heterocycles. The lowest BCUT2D eigenvalue weighted by Crippen LogP contribution is -2.33. The van der Waals surface area contributed by atoms with Crippen LogP contribution in [0.5, 0.6) is 0 Å². The molecule has 2 aromatic carbocycles. The predicted molar refractivity (Wildman–Crippen MR) is 148 cm³/mol. The van der Waals surface area contributed by atoms with Gasteiger partial charge in [-0.2, -0.15) is 0 Å². The van der Waals surface area contributed by atoms with Gasteiger partial charge in [0.25, 0.3) is 11.8 Å². The molecule has 2 aliphatic rings. The molecule has 0 fully saturated rings. The van der Waals surface area contributed by atoms with Gasteiger partial charge in [0.1, 0.15) is 0 Å². The smallest absolute Gasteiger partial charge is 0.256 e. The minimum atomic E-state index is -0.998. The van der Waals surface area contributed by atoms with Gasteiger partial charge in [-0.05, 0) is 60.9 Å². The van der Waals surface area contributed by atoms with Crippen molar-refractivity contribution in [3.63, 3.8) is 0 Å². The minimum absolute atomic E-state index is 0.0372. The summed E-state index contributed by atoms with van der Waals surface area (Å²) in [7, 11) is 0. The third-order valence-corrected chi connectivity index (χ3v) is 6.66. The number of carbonyl (C=O) groups is 4. The lowest BCUT2D eigenvalue weighted by molar-refractivity contribution is -0.124. The van der Waals surface area contributed by atoms with Gasteiger partial charge in [-0.15, -0.1) is 0 Å². The summed E-state index contributed by atoms with van der Waals surface area (Å²) in [5, 5.41) is 8.24. The number of hydrogen-bond acceptors (Lipinski definition) is 5. The number of nitrogens with one attached hydrogen (secondary N) is 4. The summed E-state index contributed by atoms with van der Waals surface area (Å²) in [4.78, 5) is 57.2. The SMILES string of the molecule is O=C(CCCNC(=O)C1=CC=CC(Cc2ccc(F)c(F)c2)C1=O)Nc1ccc2c(c1)C(=Cc1cnc[nH]1)C(=O)N2. The summed E-state index contributed by atoms with van der Waals surface area (Å²) < 4.78 is 26.7. The summed E-state index contributed by atoms with van der Waals surface area (Å²) in [6.45, 7) is 0.161. The van der Waals surface area contributed by atoms with E-state index < -0.39 is 29.2 Å². The lowest BCUT2D eigenvalue weighted by atomic mass is 9.87. The first-order chi connectivity index (χ1) is 19.8. The molecule has 41 heavy (non-hydrogen) atoms. The molecule has 208 valence electrons. The number of Topliss-reactive ketones (excluding diaryl/α,β-unsaturated/α-hetero) is 1. The van der Waals surface area contributed by atoms with Crippen LogP contribution in [0.4, 0.5) is 20.2 Å². The number of halogens is 2. The van der Waals surface area contributed by atoms with Crippen molar-refractivity contribution in [1.29, 1.82) is 0 Å². The van der Waals surface area contributed by atoms with Gasteiger partial charge in [0.15, 0.2) is 17.4 Å². The van der Waals surface area contributed by atoms with Crippen LogP contribution in [0.15, 0.2) is 72.7 Å². The molecule has 0 saturated heterocycles. The zero-order valence-corrected chi connectivity index (χ0v) is 21.7. The number of allylic oxidation sites excluding steroid dienone is 3. The van der Waals surface area contributed by atoms with Crippen molar-refractivity contribution in [3.8, 4) is 0 Å². The molecule has 2 heterocycles. The van der Waals surface area contributed by atoms with E-state index in [2.05, 4.69) is 25.9 Å². The van der Waals surface area contributed by atoms with Gasteiger partial charge in [-0.1, -0.05) is 18.2 Å². The van der Waals surface area contributed by atoms with Crippen LogP contribution in [0.1, 0.15) is 29.7 Å². The number of anilines is 2. The Bertz CT molecular complexity index is 1630. The van der Waals surface area contributed by atoms with E-state index in [4.69, 9.17) is 0 Å². The van der Waals surface area contributed by atoms with Crippen LogP contribution >= 0.6 is 0 Å². The number of carbonyl (C=O) groups excluding carboxylic acids is 4. The summed E-state index contributed by atoms with van der Waals surface area (Å²) in [6, 6.07) is 8.54. The molecule has 0 saturated carbocycles. The van der Waals surface area contributed by atoms with Crippen LogP contribution in [0.2, 0.25) is 0 Å². The van der Waals surface area contributed by atoms with E-state index in [1.165, 1.54) is 18.5 Å². The first-order valence-corrected chi connectivity index (χ1v) is 12.9. The molecular formula is C30H25F2N5O4. The van der Waals surface area contributed by atoms with E-state index >= 15 is 0 Å². The van der Waals surface area contributed by atoms with Crippen molar-refractivity contribution >= 4 is 46.5 Å². The minimum Gasteiger partial charge on any atom is -0.352 e. The van der Waals surface area contributed by atoms with Crippen LogP contribution < -0.4 is 16.0 Å². The monoisotopic (exact) mass is 557 g/mol. The highest BCUT2D eigenvalue weighted by Gasteiger charge is 2.27. The Morgan fingerprint density at radius 1 is 1.07 bits per heavy atom. The average molecular weight is 558 g/mol. The zero-order chi connectivity index (χ0) is 28.9. The fourth-order valence-electron chi connectivity index (χ4n) is 4.60. The number of aromatic nitrogens is 2. The van der Waals surface area contributed by atoms with Crippen molar-refractivity contribution < 1.29 is 28.0 Å². The normalized spacial score (nSPS) is 16.8. The molecule has 1 aliphatic carbocycles. The van der Waals surface area contributed by atoms with E-state index in [0.29, 0.717) is 40.2 Å². The second-order valence-electron chi connectivity index (χ2n) is 9.58. The molecule has 0 bridgehead atoms. The number of rotatable bonds is 9. The number of fused-ring (bicyclic) bond motifs is 1. The Labute approximate surface area is 233 Å². The number of hydrogen-bond donors (Lipinski definition) is 4.